The van der Waals surface area contributed by atoms with Crippen LogP contribution in [0.4, 0.5) is 0 Å². The molecular weight excluding hydrogens is 276 g/mol. The summed E-state index contributed by atoms with van der Waals surface area (Å²) in [5.74, 6) is -0.0446. The second-order valence-corrected chi connectivity index (χ2v) is 5.42. The highest BCUT2D eigenvalue weighted by Crippen LogP contribution is 2.36. The van der Waals surface area contributed by atoms with Gasteiger partial charge in [-0.3, -0.25) is 14.3 Å². The van der Waals surface area contributed by atoms with Crippen molar-refractivity contribution in [1.29, 1.82) is 0 Å². The zero-order valence-electron chi connectivity index (χ0n) is 13.0. The van der Waals surface area contributed by atoms with Crippen molar-refractivity contribution < 1.29 is 14.2 Å². The van der Waals surface area contributed by atoms with Crippen LogP contribution in [0, 0.1) is 19.8 Å². The van der Waals surface area contributed by atoms with E-state index in [9.17, 15) is 9.59 Å². The molecule has 21 heavy (non-hydrogen) atoms. The maximum absolute atomic E-state index is 12.2. The Morgan fingerprint density at radius 1 is 1.29 bits per heavy atom. The molecule has 7 heteroatoms. The lowest BCUT2D eigenvalue weighted by Gasteiger charge is -2.22. The predicted molar refractivity (Wildman–Crippen MR) is 76.5 cm³/mol. The molecule has 0 saturated carbocycles. The van der Waals surface area contributed by atoms with Gasteiger partial charge in [0.25, 0.3) is 5.56 Å². The molecule has 0 amide bonds. The van der Waals surface area contributed by atoms with Gasteiger partial charge < -0.3 is 14.2 Å². The van der Waals surface area contributed by atoms with E-state index >= 15 is 0 Å². The van der Waals surface area contributed by atoms with E-state index < -0.39 is 11.9 Å². The van der Waals surface area contributed by atoms with Crippen LogP contribution >= 0.6 is 0 Å². The average Bonchev–Trinajstić information content (AvgIpc) is 2.73. The second kappa shape index (κ2) is 6.13. The normalized spacial score (nSPS) is 29.0. The summed E-state index contributed by atoms with van der Waals surface area (Å²) in [6, 6.07) is 0. The molecule has 0 aliphatic carbocycles. The minimum atomic E-state index is -0.488. The number of nitrogens with one attached hydrogen (secondary N) is 1. The van der Waals surface area contributed by atoms with E-state index in [0.29, 0.717) is 17.9 Å². The highest BCUT2D eigenvalue weighted by Gasteiger charge is 2.44. The van der Waals surface area contributed by atoms with E-state index in [1.807, 2.05) is 6.92 Å². The van der Waals surface area contributed by atoms with E-state index in [0.717, 1.165) is 0 Å². The molecular formula is C14H22N2O5. The van der Waals surface area contributed by atoms with Crippen LogP contribution in [-0.4, -0.2) is 42.6 Å². The molecule has 0 radical (unpaired) electrons. The summed E-state index contributed by atoms with van der Waals surface area (Å²) in [6.45, 7) is 5.77. The monoisotopic (exact) mass is 298 g/mol. The molecule has 1 aromatic rings. The Morgan fingerprint density at radius 3 is 2.52 bits per heavy atom. The molecule has 1 aromatic heterocycles. The SMILES string of the molecule is COCC1OC(n2c(C)c(C)c(=O)[nH]c2=O)C(C)C1OC. The van der Waals surface area contributed by atoms with Crippen LogP contribution in [0.2, 0.25) is 0 Å². The Labute approximate surface area is 122 Å². The molecule has 1 aliphatic rings. The van der Waals surface area contributed by atoms with Crippen molar-refractivity contribution in [1.82, 2.24) is 9.55 Å². The standard InChI is InChI=1S/C14H22N2O5/c1-7-9(3)16(14(18)15-12(7)17)13-8(2)11(20-5)10(21-13)6-19-4/h8,10-11,13H,6H2,1-5H3,(H,15,17,18). The maximum Gasteiger partial charge on any atom is 0.330 e. The molecule has 0 aromatic carbocycles. The molecule has 1 aliphatic heterocycles. The van der Waals surface area contributed by atoms with Gasteiger partial charge in [-0.15, -0.1) is 0 Å². The summed E-state index contributed by atoms with van der Waals surface area (Å²) in [7, 11) is 3.21. The van der Waals surface area contributed by atoms with Gasteiger partial charge in [-0.05, 0) is 13.8 Å². The maximum atomic E-state index is 12.2. The van der Waals surface area contributed by atoms with Crippen LogP contribution in [0.15, 0.2) is 9.59 Å². The van der Waals surface area contributed by atoms with Crippen molar-refractivity contribution in [3.63, 3.8) is 0 Å². The second-order valence-electron chi connectivity index (χ2n) is 5.42. The lowest BCUT2D eigenvalue weighted by Crippen LogP contribution is -2.37. The number of nitrogens with zero attached hydrogens (tertiary/aromatic N) is 1. The first-order valence-electron chi connectivity index (χ1n) is 6.91. The zero-order valence-corrected chi connectivity index (χ0v) is 13.0. The highest BCUT2D eigenvalue weighted by molar-refractivity contribution is 5.14. The molecule has 0 bridgehead atoms. The first-order chi connectivity index (χ1) is 9.92. The number of rotatable bonds is 4. The molecule has 1 fully saturated rings. The quantitative estimate of drug-likeness (QED) is 0.867. The number of hydrogen-bond donors (Lipinski definition) is 1. The minimum Gasteiger partial charge on any atom is -0.382 e. The van der Waals surface area contributed by atoms with E-state index in [1.54, 1.807) is 28.1 Å². The van der Waals surface area contributed by atoms with Gasteiger partial charge in [0.2, 0.25) is 0 Å². The number of aromatic nitrogens is 2. The lowest BCUT2D eigenvalue weighted by molar-refractivity contribution is -0.0627. The predicted octanol–water partition coefficient (Wildman–Crippen LogP) is 0.348. The van der Waals surface area contributed by atoms with Crippen molar-refractivity contribution in [3.05, 3.63) is 32.1 Å². The molecule has 118 valence electrons. The Hall–Kier alpha value is -1.44. The number of ether oxygens (including phenoxy) is 3. The topological polar surface area (TPSA) is 82.5 Å². The lowest BCUT2D eigenvalue weighted by atomic mass is 10.0. The van der Waals surface area contributed by atoms with E-state index in [1.165, 1.54) is 4.57 Å². The largest absolute Gasteiger partial charge is 0.382 e. The van der Waals surface area contributed by atoms with Crippen LogP contribution < -0.4 is 11.2 Å². The summed E-state index contributed by atoms with van der Waals surface area (Å²) in [5.41, 5.74) is 0.284. The van der Waals surface area contributed by atoms with Gasteiger partial charge in [0, 0.05) is 31.4 Å². The molecule has 7 nitrogen and oxygen atoms in total. The molecule has 2 rings (SSSR count). The van der Waals surface area contributed by atoms with Crippen LogP contribution in [-0.2, 0) is 14.2 Å². The third kappa shape index (κ3) is 2.68. The van der Waals surface area contributed by atoms with E-state index in [-0.39, 0.29) is 23.7 Å². The molecule has 1 N–H and O–H groups in total. The Morgan fingerprint density at radius 2 is 1.95 bits per heavy atom. The summed E-state index contributed by atoms with van der Waals surface area (Å²) in [4.78, 5) is 26.1. The summed E-state index contributed by atoms with van der Waals surface area (Å²) < 4.78 is 18.1. The van der Waals surface area contributed by atoms with Gasteiger partial charge in [0.15, 0.2) is 0 Å². The number of aromatic amines is 1. The number of hydrogen-bond acceptors (Lipinski definition) is 5. The van der Waals surface area contributed by atoms with Crippen LogP contribution in [0.25, 0.3) is 0 Å². The summed E-state index contributed by atoms with van der Waals surface area (Å²) in [5, 5.41) is 0. The number of methoxy groups -OCH3 is 2. The fraction of sp³-hybridized carbons (Fsp3) is 0.714. The third-order valence-electron chi connectivity index (χ3n) is 4.19. The smallest absolute Gasteiger partial charge is 0.330 e. The van der Waals surface area contributed by atoms with Gasteiger partial charge in [-0.1, -0.05) is 6.92 Å². The van der Waals surface area contributed by atoms with Crippen LogP contribution in [0.1, 0.15) is 24.4 Å². The summed E-state index contributed by atoms with van der Waals surface area (Å²) in [6.07, 6.45) is -0.912. The molecule has 4 atom stereocenters. The first-order valence-corrected chi connectivity index (χ1v) is 6.91. The van der Waals surface area contributed by atoms with Crippen molar-refractivity contribution in [2.45, 2.75) is 39.2 Å². The Kier molecular flexibility index (Phi) is 4.65. The van der Waals surface area contributed by atoms with Crippen molar-refractivity contribution in [2.24, 2.45) is 5.92 Å². The molecule has 2 heterocycles. The fourth-order valence-corrected chi connectivity index (χ4v) is 2.90. The molecule has 0 spiro atoms. The van der Waals surface area contributed by atoms with Gasteiger partial charge in [-0.25, -0.2) is 4.79 Å². The van der Waals surface area contributed by atoms with Crippen molar-refractivity contribution in [3.8, 4) is 0 Å². The Bertz CT molecular complexity index is 621. The zero-order chi connectivity index (χ0) is 15.7. The minimum absolute atomic E-state index is 0.0446. The van der Waals surface area contributed by atoms with Gasteiger partial charge in [0.1, 0.15) is 12.3 Å². The van der Waals surface area contributed by atoms with Gasteiger partial charge in [0.05, 0.1) is 12.7 Å². The van der Waals surface area contributed by atoms with Crippen molar-refractivity contribution in [2.75, 3.05) is 20.8 Å². The average molecular weight is 298 g/mol. The first kappa shape index (κ1) is 15.9. The highest BCUT2D eigenvalue weighted by atomic mass is 16.6. The molecule has 1 saturated heterocycles. The van der Waals surface area contributed by atoms with Gasteiger partial charge >= 0.3 is 5.69 Å². The van der Waals surface area contributed by atoms with Gasteiger partial charge in [-0.2, -0.15) is 0 Å². The fourth-order valence-electron chi connectivity index (χ4n) is 2.90. The summed E-state index contributed by atoms with van der Waals surface area (Å²) >= 11 is 0. The number of H-pyrrole nitrogens is 1. The van der Waals surface area contributed by atoms with Crippen LogP contribution in [0.3, 0.4) is 0 Å². The van der Waals surface area contributed by atoms with Crippen LogP contribution in [0.5, 0.6) is 0 Å². The third-order valence-corrected chi connectivity index (χ3v) is 4.19. The molecule has 4 unspecified atom stereocenters. The van der Waals surface area contributed by atoms with E-state index in [2.05, 4.69) is 4.98 Å². The Balaban J connectivity index is 2.46. The van der Waals surface area contributed by atoms with E-state index in [4.69, 9.17) is 14.2 Å². The van der Waals surface area contributed by atoms with Crippen molar-refractivity contribution >= 4 is 0 Å².